The molecule has 460 valence electrons. The summed E-state index contributed by atoms with van der Waals surface area (Å²) in [4.78, 5) is 38.5. The van der Waals surface area contributed by atoms with E-state index < -0.39 is 6.10 Å². The lowest BCUT2D eigenvalue weighted by Gasteiger charge is -2.18. The molecule has 81 heavy (non-hydrogen) atoms. The fourth-order valence-electron chi connectivity index (χ4n) is 9.14. The van der Waals surface area contributed by atoms with E-state index in [0.717, 1.165) is 148 Å². The molecule has 0 aromatic rings. The zero-order chi connectivity index (χ0) is 58.5. The number of carbonyl (C=O) groups is 3. The molecule has 0 radical (unpaired) electrons. The summed E-state index contributed by atoms with van der Waals surface area (Å²) in [5, 5.41) is 0. The number of hydrogen-bond donors (Lipinski definition) is 0. The molecule has 0 aliphatic rings. The summed E-state index contributed by atoms with van der Waals surface area (Å²) in [6.07, 6.45) is 95.9. The van der Waals surface area contributed by atoms with Crippen LogP contribution in [0.15, 0.2) is 134 Å². The second-order valence-corrected chi connectivity index (χ2v) is 22.0. The van der Waals surface area contributed by atoms with Crippen molar-refractivity contribution in [3.63, 3.8) is 0 Å². The van der Waals surface area contributed by atoms with Crippen LogP contribution in [0.4, 0.5) is 0 Å². The Kier molecular flexibility index (Phi) is 64.3. The van der Waals surface area contributed by atoms with Gasteiger partial charge in [0.1, 0.15) is 13.2 Å². The van der Waals surface area contributed by atoms with Crippen LogP contribution in [0.2, 0.25) is 0 Å². The number of carbonyl (C=O) groups excluding carboxylic acids is 3. The first-order chi connectivity index (χ1) is 40.0. The first kappa shape index (κ1) is 76.5. The summed E-state index contributed by atoms with van der Waals surface area (Å²) in [5.41, 5.74) is 0. The van der Waals surface area contributed by atoms with Gasteiger partial charge in [-0.2, -0.15) is 0 Å². The van der Waals surface area contributed by atoms with Gasteiger partial charge in [-0.1, -0.05) is 283 Å². The van der Waals surface area contributed by atoms with Crippen molar-refractivity contribution in [2.24, 2.45) is 0 Å². The molecule has 6 heteroatoms. The summed E-state index contributed by atoms with van der Waals surface area (Å²) in [5.74, 6) is -0.918. The van der Waals surface area contributed by atoms with Gasteiger partial charge in [-0.25, -0.2) is 0 Å². The third-order valence-corrected chi connectivity index (χ3v) is 14.1. The van der Waals surface area contributed by atoms with Crippen LogP contribution in [0, 0.1) is 0 Å². The number of ether oxygens (including phenoxy) is 3. The molecule has 0 saturated carbocycles. The lowest BCUT2D eigenvalue weighted by molar-refractivity contribution is -0.167. The third kappa shape index (κ3) is 66.2. The Morgan fingerprint density at radius 2 is 0.481 bits per heavy atom. The van der Waals surface area contributed by atoms with Gasteiger partial charge >= 0.3 is 17.9 Å². The van der Waals surface area contributed by atoms with Crippen molar-refractivity contribution in [3.05, 3.63) is 134 Å². The minimum Gasteiger partial charge on any atom is -0.462 e. The highest BCUT2D eigenvalue weighted by molar-refractivity contribution is 5.71. The summed E-state index contributed by atoms with van der Waals surface area (Å²) in [7, 11) is 0. The summed E-state index contributed by atoms with van der Waals surface area (Å²) in [6.45, 7) is 6.40. The predicted molar refractivity (Wildman–Crippen MR) is 353 cm³/mol. The van der Waals surface area contributed by atoms with E-state index in [4.69, 9.17) is 14.2 Å². The molecule has 0 amide bonds. The summed E-state index contributed by atoms with van der Waals surface area (Å²) in [6, 6.07) is 0. The van der Waals surface area contributed by atoms with E-state index in [2.05, 4.69) is 154 Å². The maximum absolute atomic E-state index is 13.0. The van der Waals surface area contributed by atoms with Crippen LogP contribution in [0.1, 0.15) is 303 Å². The molecule has 0 aromatic heterocycles. The molecule has 0 saturated heterocycles. The van der Waals surface area contributed by atoms with Gasteiger partial charge < -0.3 is 14.2 Å². The average molecular weight is 1120 g/mol. The summed E-state index contributed by atoms with van der Waals surface area (Å²) < 4.78 is 17.0. The SMILES string of the molecule is CC/C=C\C/C=C\C/C=C\C/C=C\CCCCCCCCCCCCC(=O)OCC(COC(=O)CCCCCCCC/C=C\C/C=C\C/C=C\C/C=C\CC)OC(=O)CCCCCCCC/C=C\C/C=C\C/C=C\CCCCCCC. The summed E-state index contributed by atoms with van der Waals surface area (Å²) >= 11 is 0. The van der Waals surface area contributed by atoms with Crippen LogP contribution >= 0.6 is 0 Å². The smallest absolute Gasteiger partial charge is 0.306 e. The van der Waals surface area contributed by atoms with Crippen LogP contribution in [-0.4, -0.2) is 37.2 Å². The van der Waals surface area contributed by atoms with E-state index in [1.807, 2.05) is 0 Å². The van der Waals surface area contributed by atoms with Crippen LogP contribution in [0.5, 0.6) is 0 Å². The number of unbranched alkanes of at least 4 members (excludes halogenated alkanes) is 27. The van der Waals surface area contributed by atoms with Gasteiger partial charge in [0.05, 0.1) is 0 Å². The molecule has 0 heterocycles. The van der Waals surface area contributed by atoms with Crippen molar-refractivity contribution in [1.29, 1.82) is 0 Å². The quantitative estimate of drug-likeness (QED) is 0.0261. The minimum atomic E-state index is -0.800. The van der Waals surface area contributed by atoms with Crippen molar-refractivity contribution in [2.45, 2.75) is 309 Å². The van der Waals surface area contributed by atoms with E-state index in [9.17, 15) is 14.4 Å². The molecule has 0 spiro atoms. The molecule has 0 aliphatic heterocycles. The van der Waals surface area contributed by atoms with Crippen LogP contribution in [0.3, 0.4) is 0 Å². The molecule has 6 nitrogen and oxygen atoms in total. The van der Waals surface area contributed by atoms with Gasteiger partial charge in [0.25, 0.3) is 0 Å². The van der Waals surface area contributed by atoms with Gasteiger partial charge in [-0.05, 0) is 135 Å². The first-order valence-electron chi connectivity index (χ1n) is 33.7. The number of rotatable bonds is 60. The van der Waals surface area contributed by atoms with E-state index in [-0.39, 0.29) is 31.1 Å². The molecule has 0 rings (SSSR count). The second kappa shape index (κ2) is 68.1. The molecule has 0 N–H and O–H groups in total. The first-order valence-corrected chi connectivity index (χ1v) is 33.7. The Hall–Kier alpha value is -4.45. The zero-order valence-electron chi connectivity index (χ0n) is 52.8. The third-order valence-electron chi connectivity index (χ3n) is 14.1. The highest BCUT2D eigenvalue weighted by Crippen LogP contribution is 2.16. The monoisotopic (exact) mass is 1120 g/mol. The molecule has 0 bridgehead atoms. The van der Waals surface area contributed by atoms with Crippen LogP contribution < -0.4 is 0 Å². The molecular formula is C75H124O6. The molecule has 0 fully saturated rings. The van der Waals surface area contributed by atoms with Crippen LogP contribution in [0.25, 0.3) is 0 Å². The van der Waals surface area contributed by atoms with Gasteiger partial charge in [0.15, 0.2) is 6.10 Å². The fraction of sp³-hybridized carbons (Fsp3) is 0.667. The van der Waals surface area contributed by atoms with Gasteiger partial charge in [0.2, 0.25) is 0 Å². The Balaban J connectivity index is 4.45. The van der Waals surface area contributed by atoms with Gasteiger partial charge in [-0.3, -0.25) is 14.4 Å². The number of esters is 3. The molecule has 0 aromatic carbocycles. The lowest BCUT2D eigenvalue weighted by Crippen LogP contribution is -2.30. The second-order valence-electron chi connectivity index (χ2n) is 22.0. The number of allylic oxidation sites excluding steroid dienone is 22. The molecular weight excluding hydrogens is 997 g/mol. The highest BCUT2D eigenvalue weighted by atomic mass is 16.6. The fourth-order valence-corrected chi connectivity index (χ4v) is 9.14. The molecule has 1 atom stereocenters. The largest absolute Gasteiger partial charge is 0.462 e. The Morgan fingerprint density at radius 3 is 0.753 bits per heavy atom. The van der Waals surface area contributed by atoms with Crippen molar-refractivity contribution in [1.82, 2.24) is 0 Å². The zero-order valence-corrected chi connectivity index (χ0v) is 52.8. The van der Waals surface area contributed by atoms with Crippen molar-refractivity contribution >= 4 is 17.9 Å². The maximum atomic E-state index is 13.0. The Morgan fingerprint density at radius 1 is 0.259 bits per heavy atom. The average Bonchev–Trinajstić information content (AvgIpc) is 3.47. The van der Waals surface area contributed by atoms with E-state index in [1.54, 1.807) is 0 Å². The maximum Gasteiger partial charge on any atom is 0.306 e. The molecule has 0 aliphatic carbocycles. The van der Waals surface area contributed by atoms with Crippen molar-refractivity contribution in [3.8, 4) is 0 Å². The van der Waals surface area contributed by atoms with E-state index >= 15 is 0 Å². The lowest BCUT2D eigenvalue weighted by atomic mass is 10.1. The van der Waals surface area contributed by atoms with E-state index in [0.29, 0.717) is 19.3 Å². The standard InChI is InChI=1S/C75H124O6/c1-4-7-10-13-16-19-22-25-28-31-34-36-37-39-41-44-47-50-53-56-59-62-65-68-74(77)80-71-72(70-79-73(76)67-64-61-58-55-52-49-46-43-40-33-30-27-24-21-18-15-12-9-6-3)81-75(78)69-66-63-60-57-54-51-48-45-42-38-35-32-29-26-23-20-17-14-11-8-5-2/h7,9-10,12,16,18-19,21,23,25-28,30,32,34-36,40,42-43,45,72H,4-6,8,11,13-15,17,20,22,24,29,31,33,37-39,41,44,46-71H2,1-3H3/b10-7-,12-9-,19-16-,21-18-,26-23-,28-25-,30-27-,35-32-,36-34-,43-40-,45-42-. The predicted octanol–water partition coefficient (Wildman–Crippen LogP) is 23.3. The Labute approximate surface area is 500 Å². The number of hydrogen-bond acceptors (Lipinski definition) is 6. The minimum absolute atomic E-state index is 0.0937. The topological polar surface area (TPSA) is 78.9 Å². The van der Waals surface area contributed by atoms with E-state index in [1.165, 1.54) is 116 Å². The highest BCUT2D eigenvalue weighted by Gasteiger charge is 2.19. The van der Waals surface area contributed by atoms with Crippen LogP contribution in [-0.2, 0) is 28.6 Å². The van der Waals surface area contributed by atoms with Gasteiger partial charge in [-0.15, -0.1) is 0 Å². The Bertz CT molecular complexity index is 1720. The normalized spacial score (nSPS) is 13.0. The van der Waals surface area contributed by atoms with Gasteiger partial charge in [0, 0.05) is 19.3 Å². The van der Waals surface area contributed by atoms with Crippen molar-refractivity contribution in [2.75, 3.05) is 13.2 Å². The molecule has 1 unspecified atom stereocenters. The van der Waals surface area contributed by atoms with Crippen molar-refractivity contribution < 1.29 is 28.6 Å².